The monoisotopic (exact) mass is 231 g/mol. The maximum atomic E-state index is 10.9. The van der Waals surface area contributed by atoms with Crippen LogP contribution in [0.2, 0.25) is 0 Å². The van der Waals surface area contributed by atoms with Crippen molar-refractivity contribution in [2.24, 2.45) is 5.92 Å². The van der Waals surface area contributed by atoms with Crippen LogP contribution in [0.1, 0.15) is 12.5 Å². The van der Waals surface area contributed by atoms with Gasteiger partial charge in [-0.25, -0.2) is 4.98 Å². The first-order chi connectivity index (χ1) is 8.18. The molecule has 2 aromatic rings. The van der Waals surface area contributed by atoms with Gasteiger partial charge in [-0.3, -0.25) is 4.79 Å². The molecule has 0 saturated heterocycles. The fourth-order valence-corrected chi connectivity index (χ4v) is 1.70. The second-order valence-corrected chi connectivity index (χ2v) is 3.97. The van der Waals surface area contributed by atoms with E-state index in [9.17, 15) is 4.79 Å². The molecule has 1 heterocycles. The summed E-state index contributed by atoms with van der Waals surface area (Å²) < 4.78 is 5.24. The average Bonchev–Trinajstić information content (AvgIpc) is 2.83. The summed E-state index contributed by atoms with van der Waals surface area (Å²) in [7, 11) is 0. The summed E-state index contributed by atoms with van der Waals surface area (Å²) in [6.45, 7) is 1.69. The Hall–Kier alpha value is -2.10. The molecule has 0 fully saturated rings. The third-order valence-electron chi connectivity index (χ3n) is 2.66. The van der Waals surface area contributed by atoms with Crippen molar-refractivity contribution in [3.05, 3.63) is 42.4 Å². The van der Waals surface area contributed by atoms with Gasteiger partial charge in [-0.15, -0.1) is 0 Å². The van der Waals surface area contributed by atoms with Crippen molar-refractivity contribution in [2.45, 2.75) is 13.3 Å². The van der Waals surface area contributed by atoms with Gasteiger partial charge in [-0.05, 0) is 12.0 Å². The minimum absolute atomic E-state index is 0.418. The molecule has 2 rings (SSSR count). The summed E-state index contributed by atoms with van der Waals surface area (Å²) in [5.41, 5.74) is 1.86. The topological polar surface area (TPSA) is 63.3 Å². The van der Waals surface area contributed by atoms with E-state index in [1.807, 2.05) is 24.3 Å². The predicted molar refractivity (Wildman–Crippen MR) is 62.4 cm³/mol. The molecule has 1 aromatic carbocycles. The molecule has 0 spiro atoms. The zero-order chi connectivity index (χ0) is 12.3. The molecule has 0 radical (unpaired) electrons. The van der Waals surface area contributed by atoms with Crippen molar-refractivity contribution in [3.63, 3.8) is 0 Å². The molecule has 0 saturated carbocycles. The van der Waals surface area contributed by atoms with Crippen LogP contribution in [-0.4, -0.2) is 16.1 Å². The molecule has 0 aliphatic rings. The number of hydrogen-bond donors (Lipinski definition) is 1. The fourth-order valence-electron chi connectivity index (χ4n) is 1.70. The van der Waals surface area contributed by atoms with E-state index in [0.29, 0.717) is 12.2 Å². The summed E-state index contributed by atoms with van der Waals surface area (Å²) in [6, 6.07) is 7.61. The number of aromatic nitrogens is 1. The highest BCUT2D eigenvalue weighted by Gasteiger charge is 2.15. The van der Waals surface area contributed by atoms with Crippen molar-refractivity contribution in [2.75, 3.05) is 0 Å². The number of aliphatic carboxylic acids is 1. The molecular weight excluding hydrogens is 218 g/mol. The van der Waals surface area contributed by atoms with E-state index in [2.05, 4.69) is 4.98 Å². The Morgan fingerprint density at radius 3 is 2.88 bits per heavy atom. The van der Waals surface area contributed by atoms with Gasteiger partial charge in [0.05, 0.1) is 12.1 Å². The first-order valence-electron chi connectivity index (χ1n) is 5.38. The van der Waals surface area contributed by atoms with Gasteiger partial charge in [-0.2, -0.15) is 0 Å². The number of nitrogens with zero attached hydrogens (tertiary/aromatic N) is 1. The first kappa shape index (κ1) is 11.4. The highest BCUT2D eigenvalue weighted by atomic mass is 16.4. The van der Waals surface area contributed by atoms with Crippen LogP contribution >= 0.6 is 0 Å². The highest BCUT2D eigenvalue weighted by molar-refractivity contribution is 5.71. The number of benzene rings is 1. The molecule has 1 unspecified atom stereocenters. The SMILES string of the molecule is CC(Cc1ccccc1-c1cnco1)C(=O)O. The van der Waals surface area contributed by atoms with Gasteiger partial charge < -0.3 is 9.52 Å². The molecule has 4 heteroatoms. The first-order valence-corrected chi connectivity index (χ1v) is 5.38. The number of rotatable bonds is 4. The van der Waals surface area contributed by atoms with Gasteiger partial charge in [-0.1, -0.05) is 31.2 Å². The number of carboxylic acids is 1. The minimum atomic E-state index is -0.794. The van der Waals surface area contributed by atoms with Crippen LogP contribution in [0.25, 0.3) is 11.3 Å². The lowest BCUT2D eigenvalue weighted by Crippen LogP contribution is -2.12. The summed E-state index contributed by atoms with van der Waals surface area (Å²) in [5, 5.41) is 8.93. The van der Waals surface area contributed by atoms with E-state index in [4.69, 9.17) is 9.52 Å². The van der Waals surface area contributed by atoms with E-state index < -0.39 is 11.9 Å². The van der Waals surface area contributed by atoms with Gasteiger partial charge in [0.15, 0.2) is 12.2 Å². The third-order valence-corrected chi connectivity index (χ3v) is 2.66. The number of oxazole rings is 1. The lowest BCUT2D eigenvalue weighted by molar-refractivity contribution is -0.141. The second-order valence-electron chi connectivity index (χ2n) is 3.97. The van der Waals surface area contributed by atoms with Crippen LogP contribution in [0.15, 0.2) is 41.3 Å². The van der Waals surface area contributed by atoms with E-state index in [0.717, 1.165) is 11.1 Å². The van der Waals surface area contributed by atoms with E-state index in [1.54, 1.807) is 13.1 Å². The van der Waals surface area contributed by atoms with Crippen LogP contribution < -0.4 is 0 Å². The molecular formula is C13H13NO3. The molecule has 88 valence electrons. The van der Waals surface area contributed by atoms with E-state index in [1.165, 1.54) is 6.39 Å². The third kappa shape index (κ3) is 2.53. The van der Waals surface area contributed by atoms with Crippen LogP contribution in [-0.2, 0) is 11.2 Å². The van der Waals surface area contributed by atoms with Crippen molar-refractivity contribution in [1.82, 2.24) is 4.98 Å². The predicted octanol–water partition coefficient (Wildman–Crippen LogP) is 2.60. The molecule has 1 N–H and O–H groups in total. The van der Waals surface area contributed by atoms with Crippen LogP contribution in [0.3, 0.4) is 0 Å². The summed E-state index contributed by atoms with van der Waals surface area (Å²) >= 11 is 0. The van der Waals surface area contributed by atoms with Crippen molar-refractivity contribution in [1.29, 1.82) is 0 Å². The van der Waals surface area contributed by atoms with Crippen LogP contribution in [0.4, 0.5) is 0 Å². The van der Waals surface area contributed by atoms with Gasteiger partial charge in [0.25, 0.3) is 0 Å². The number of carboxylic acid groups (broad SMARTS) is 1. The van der Waals surface area contributed by atoms with Crippen LogP contribution in [0.5, 0.6) is 0 Å². The molecule has 0 amide bonds. The maximum Gasteiger partial charge on any atom is 0.306 e. The Balaban J connectivity index is 2.32. The van der Waals surface area contributed by atoms with Crippen LogP contribution in [0, 0.1) is 5.92 Å². The zero-order valence-electron chi connectivity index (χ0n) is 9.46. The summed E-state index contributed by atoms with van der Waals surface area (Å²) in [4.78, 5) is 14.7. The molecule has 0 aliphatic carbocycles. The molecule has 1 aromatic heterocycles. The lowest BCUT2D eigenvalue weighted by Gasteiger charge is -2.09. The van der Waals surface area contributed by atoms with Gasteiger partial charge >= 0.3 is 5.97 Å². The molecule has 0 bridgehead atoms. The quantitative estimate of drug-likeness (QED) is 0.878. The van der Waals surface area contributed by atoms with Gasteiger partial charge in [0.2, 0.25) is 0 Å². The fraction of sp³-hybridized carbons (Fsp3) is 0.231. The molecule has 17 heavy (non-hydrogen) atoms. The van der Waals surface area contributed by atoms with Crippen molar-refractivity contribution < 1.29 is 14.3 Å². The second kappa shape index (κ2) is 4.82. The van der Waals surface area contributed by atoms with E-state index in [-0.39, 0.29) is 0 Å². The Kier molecular flexibility index (Phi) is 3.23. The molecule has 0 aliphatic heterocycles. The largest absolute Gasteiger partial charge is 0.481 e. The number of carbonyl (C=O) groups is 1. The summed E-state index contributed by atoms with van der Waals surface area (Å²) in [5.74, 6) is -0.547. The highest BCUT2D eigenvalue weighted by Crippen LogP contribution is 2.25. The number of hydrogen-bond acceptors (Lipinski definition) is 3. The molecule has 4 nitrogen and oxygen atoms in total. The lowest BCUT2D eigenvalue weighted by atomic mass is 9.96. The Morgan fingerprint density at radius 2 is 2.24 bits per heavy atom. The zero-order valence-corrected chi connectivity index (χ0v) is 9.46. The van der Waals surface area contributed by atoms with Crippen molar-refractivity contribution in [3.8, 4) is 11.3 Å². The normalized spacial score (nSPS) is 12.3. The van der Waals surface area contributed by atoms with Crippen molar-refractivity contribution >= 4 is 5.97 Å². The van der Waals surface area contributed by atoms with E-state index >= 15 is 0 Å². The smallest absolute Gasteiger partial charge is 0.306 e. The van der Waals surface area contributed by atoms with Gasteiger partial charge in [0.1, 0.15) is 0 Å². The van der Waals surface area contributed by atoms with Gasteiger partial charge in [0, 0.05) is 5.56 Å². The average molecular weight is 231 g/mol. The minimum Gasteiger partial charge on any atom is -0.481 e. The Bertz CT molecular complexity index is 505. The standard InChI is InChI=1S/C13H13NO3/c1-9(13(15)16)6-10-4-2-3-5-11(10)12-7-14-8-17-12/h2-5,7-9H,6H2,1H3,(H,15,16). The summed E-state index contributed by atoms with van der Waals surface area (Å²) in [6.07, 6.45) is 3.48. The molecule has 1 atom stereocenters. The Labute approximate surface area is 98.9 Å². The maximum absolute atomic E-state index is 10.9. The Morgan fingerprint density at radius 1 is 1.47 bits per heavy atom.